The Bertz CT molecular complexity index is 323. The highest BCUT2D eigenvalue weighted by atomic mass is 16.2. The van der Waals surface area contributed by atoms with Crippen molar-refractivity contribution in [2.75, 3.05) is 13.1 Å². The number of carbonyl (C=O) groups excluding carboxylic acids is 1. The summed E-state index contributed by atoms with van der Waals surface area (Å²) < 4.78 is 0. The number of rotatable bonds is 1. The number of aromatic amines is 1. The molecule has 0 radical (unpaired) electrons. The lowest BCUT2D eigenvalue weighted by Gasteiger charge is -2.16. The number of H-pyrrole nitrogens is 1. The molecule has 1 aromatic rings. The molecule has 2 aliphatic rings. The molecule has 4 nitrogen and oxygen atoms in total. The second kappa shape index (κ2) is 2.34. The van der Waals surface area contributed by atoms with Gasteiger partial charge >= 0.3 is 0 Å². The SMILES string of the molecule is O=C(c1cn[nH]c1)N1CC2CC2C1. The largest absolute Gasteiger partial charge is 0.338 e. The fourth-order valence-corrected chi connectivity index (χ4v) is 2.11. The van der Waals surface area contributed by atoms with Gasteiger partial charge in [0.05, 0.1) is 11.8 Å². The van der Waals surface area contributed by atoms with E-state index < -0.39 is 0 Å². The van der Waals surface area contributed by atoms with Crippen molar-refractivity contribution in [3.63, 3.8) is 0 Å². The monoisotopic (exact) mass is 177 g/mol. The molecule has 1 amide bonds. The van der Waals surface area contributed by atoms with Crippen LogP contribution in [0.5, 0.6) is 0 Å². The fourth-order valence-electron chi connectivity index (χ4n) is 2.11. The summed E-state index contributed by atoms with van der Waals surface area (Å²) in [5.74, 6) is 1.73. The molecule has 1 saturated carbocycles. The van der Waals surface area contributed by atoms with Crippen molar-refractivity contribution < 1.29 is 4.79 Å². The Hall–Kier alpha value is -1.32. The minimum atomic E-state index is 0.126. The molecule has 13 heavy (non-hydrogen) atoms. The maximum absolute atomic E-state index is 11.7. The highest BCUT2D eigenvalue weighted by Crippen LogP contribution is 2.45. The zero-order chi connectivity index (χ0) is 8.84. The van der Waals surface area contributed by atoms with Crippen molar-refractivity contribution in [3.8, 4) is 0 Å². The Morgan fingerprint density at radius 3 is 2.92 bits per heavy atom. The summed E-state index contributed by atoms with van der Waals surface area (Å²) in [4.78, 5) is 13.7. The van der Waals surface area contributed by atoms with Gasteiger partial charge in [-0.15, -0.1) is 0 Å². The van der Waals surface area contributed by atoms with Gasteiger partial charge in [0, 0.05) is 19.3 Å². The normalized spacial score (nSPS) is 30.3. The van der Waals surface area contributed by atoms with Crippen molar-refractivity contribution in [2.24, 2.45) is 11.8 Å². The number of hydrogen-bond acceptors (Lipinski definition) is 2. The summed E-state index contributed by atoms with van der Waals surface area (Å²) in [7, 11) is 0. The van der Waals surface area contributed by atoms with Crippen LogP contribution in [0.2, 0.25) is 0 Å². The molecule has 4 heteroatoms. The van der Waals surface area contributed by atoms with E-state index in [1.54, 1.807) is 12.4 Å². The molecule has 2 atom stereocenters. The van der Waals surface area contributed by atoms with Crippen molar-refractivity contribution in [2.45, 2.75) is 6.42 Å². The topological polar surface area (TPSA) is 49.0 Å². The fraction of sp³-hybridized carbons (Fsp3) is 0.556. The summed E-state index contributed by atoms with van der Waals surface area (Å²) >= 11 is 0. The van der Waals surface area contributed by atoms with Gasteiger partial charge in [-0.3, -0.25) is 9.89 Å². The zero-order valence-electron chi connectivity index (χ0n) is 7.23. The van der Waals surface area contributed by atoms with Crippen LogP contribution in [-0.2, 0) is 0 Å². The predicted octanol–water partition coefficient (Wildman–Crippen LogP) is 0.502. The van der Waals surface area contributed by atoms with Crippen LogP contribution in [0.4, 0.5) is 0 Å². The first-order chi connectivity index (χ1) is 6.34. The number of piperidine rings is 1. The number of fused-ring (bicyclic) bond motifs is 1. The van der Waals surface area contributed by atoms with Crippen molar-refractivity contribution in [1.29, 1.82) is 0 Å². The Morgan fingerprint density at radius 2 is 2.31 bits per heavy atom. The standard InChI is InChI=1S/C9H11N3O/c13-9(8-2-10-11-3-8)12-4-6-1-7(6)5-12/h2-3,6-7H,1,4-5H2,(H,10,11). The summed E-state index contributed by atoms with van der Waals surface area (Å²) in [5.41, 5.74) is 0.682. The van der Waals surface area contributed by atoms with Crippen LogP contribution in [0, 0.1) is 11.8 Å². The lowest BCUT2D eigenvalue weighted by molar-refractivity contribution is 0.0775. The van der Waals surface area contributed by atoms with E-state index in [1.807, 2.05) is 4.90 Å². The van der Waals surface area contributed by atoms with Crippen LogP contribution < -0.4 is 0 Å². The van der Waals surface area contributed by atoms with Crippen LogP contribution in [0.25, 0.3) is 0 Å². The molecule has 2 fully saturated rings. The first-order valence-electron chi connectivity index (χ1n) is 4.62. The third-order valence-corrected chi connectivity index (χ3v) is 3.01. The number of hydrogen-bond donors (Lipinski definition) is 1. The highest BCUT2D eigenvalue weighted by Gasteiger charge is 2.46. The number of aromatic nitrogens is 2. The maximum Gasteiger partial charge on any atom is 0.257 e. The second-order valence-electron chi connectivity index (χ2n) is 3.95. The molecule has 1 aliphatic carbocycles. The van der Waals surface area contributed by atoms with Crippen LogP contribution in [0.3, 0.4) is 0 Å². The van der Waals surface area contributed by atoms with E-state index >= 15 is 0 Å². The Balaban J connectivity index is 1.75. The predicted molar refractivity (Wildman–Crippen MR) is 46.1 cm³/mol. The van der Waals surface area contributed by atoms with E-state index in [9.17, 15) is 4.79 Å². The van der Waals surface area contributed by atoms with Gasteiger partial charge in [-0.1, -0.05) is 0 Å². The first-order valence-corrected chi connectivity index (χ1v) is 4.62. The lowest BCUT2D eigenvalue weighted by atomic mass is 10.3. The van der Waals surface area contributed by atoms with Crippen LogP contribution in [0.15, 0.2) is 12.4 Å². The van der Waals surface area contributed by atoms with Gasteiger partial charge in [-0.05, 0) is 18.3 Å². The molecule has 0 bridgehead atoms. The average molecular weight is 177 g/mol. The number of carbonyl (C=O) groups is 1. The minimum absolute atomic E-state index is 0.126. The van der Waals surface area contributed by atoms with Crippen molar-refractivity contribution in [1.82, 2.24) is 15.1 Å². The molecule has 3 rings (SSSR count). The summed E-state index contributed by atoms with van der Waals surface area (Å²) in [6, 6.07) is 0. The van der Waals surface area contributed by atoms with E-state index in [1.165, 1.54) is 6.42 Å². The Morgan fingerprint density at radius 1 is 1.54 bits per heavy atom. The molecule has 1 N–H and O–H groups in total. The van der Waals surface area contributed by atoms with Gasteiger partial charge in [0.25, 0.3) is 5.91 Å². The number of amides is 1. The van der Waals surface area contributed by atoms with Gasteiger partial charge in [-0.25, -0.2) is 0 Å². The first kappa shape index (κ1) is 7.12. The van der Waals surface area contributed by atoms with Crippen molar-refractivity contribution >= 4 is 5.91 Å². The highest BCUT2D eigenvalue weighted by molar-refractivity contribution is 5.94. The molecule has 2 heterocycles. The lowest BCUT2D eigenvalue weighted by Crippen LogP contribution is -2.29. The van der Waals surface area contributed by atoms with E-state index in [0.717, 1.165) is 24.9 Å². The van der Waals surface area contributed by atoms with Gasteiger partial charge in [0.15, 0.2) is 0 Å². The molecule has 1 saturated heterocycles. The molecule has 1 aromatic heterocycles. The Labute approximate surface area is 75.9 Å². The van der Waals surface area contributed by atoms with Crippen molar-refractivity contribution in [3.05, 3.63) is 18.0 Å². The molecule has 1 aliphatic heterocycles. The van der Waals surface area contributed by atoms with E-state index in [-0.39, 0.29) is 5.91 Å². The zero-order valence-corrected chi connectivity index (χ0v) is 7.23. The maximum atomic E-state index is 11.7. The Kier molecular flexibility index (Phi) is 1.28. The van der Waals surface area contributed by atoms with Gasteiger partial charge in [0.1, 0.15) is 0 Å². The van der Waals surface area contributed by atoms with E-state index in [0.29, 0.717) is 5.56 Å². The molecular weight excluding hydrogens is 166 g/mol. The van der Waals surface area contributed by atoms with Crippen LogP contribution in [-0.4, -0.2) is 34.1 Å². The molecular formula is C9H11N3O. The average Bonchev–Trinajstić information content (AvgIpc) is 2.63. The number of nitrogens with zero attached hydrogens (tertiary/aromatic N) is 2. The molecule has 2 unspecified atom stereocenters. The molecule has 0 spiro atoms. The number of likely N-dealkylation sites (tertiary alicyclic amines) is 1. The summed E-state index contributed by atoms with van der Waals surface area (Å²) in [6.45, 7) is 1.91. The van der Waals surface area contributed by atoms with Crippen LogP contribution >= 0.6 is 0 Å². The molecule has 68 valence electrons. The minimum Gasteiger partial charge on any atom is -0.338 e. The third-order valence-electron chi connectivity index (χ3n) is 3.01. The van der Waals surface area contributed by atoms with Gasteiger partial charge in [-0.2, -0.15) is 5.10 Å². The van der Waals surface area contributed by atoms with E-state index in [4.69, 9.17) is 0 Å². The van der Waals surface area contributed by atoms with E-state index in [2.05, 4.69) is 10.2 Å². The third kappa shape index (κ3) is 1.05. The molecule has 0 aromatic carbocycles. The summed E-state index contributed by atoms with van der Waals surface area (Å²) in [6.07, 6.45) is 4.58. The van der Waals surface area contributed by atoms with Crippen LogP contribution in [0.1, 0.15) is 16.8 Å². The second-order valence-corrected chi connectivity index (χ2v) is 3.95. The van der Waals surface area contributed by atoms with Gasteiger partial charge in [0.2, 0.25) is 0 Å². The van der Waals surface area contributed by atoms with Gasteiger partial charge < -0.3 is 4.90 Å². The number of nitrogens with one attached hydrogen (secondary N) is 1. The smallest absolute Gasteiger partial charge is 0.257 e. The summed E-state index contributed by atoms with van der Waals surface area (Å²) in [5, 5.41) is 6.43. The quantitative estimate of drug-likeness (QED) is 0.679.